The quantitative estimate of drug-likeness (QED) is 0.897. The molecule has 0 bridgehead atoms. The summed E-state index contributed by atoms with van der Waals surface area (Å²) in [4.78, 5) is 11.4. The molecule has 1 N–H and O–H groups in total. The van der Waals surface area contributed by atoms with E-state index in [1.807, 2.05) is 6.20 Å². The fourth-order valence-corrected chi connectivity index (χ4v) is 3.08. The molecule has 1 aliphatic rings. The van der Waals surface area contributed by atoms with Crippen molar-refractivity contribution in [2.24, 2.45) is 0 Å². The van der Waals surface area contributed by atoms with Gasteiger partial charge in [0.05, 0.1) is 24.2 Å². The Hall–Kier alpha value is -1.16. The highest BCUT2D eigenvalue weighted by Gasteiger charge is 2.23. The average molecular weight is 277 g/mol. The van der Waals surface area contributed by atoms with E-state index in [9.17, 15) is 5.11 Å². The van der Waals surface area contributed by atoms with Gasteiger partial charge in [-0.3, -0.25) is 0 Å². The number of hydrogen-bond donors (Lipinski definition) is 1. The molecule has 1 heterocycles. The predicted molar refractivity (Wildman–Crippen MR) is 81.9 cm³/mol. The minimum Gasteiger partial charge on any atom is -0.390 e. The van der Waals surface area contributed by atoms with Crippen molar-refractivity contribution in [3.8, 4) is 0 Å². The molecule has 1 fully saturated rings. The molecule has 0 radical (unpaired) electrons. The van der Waals surface area contributed by atoms with Gasteiger partial charge in [0.15, 0.2) is 0 Å². The van der Waals surface area contributed by atoms with Crippen LogP contribution in [0, 0.1) is 0 Å². The second-order valence-electron chi connectivity index (χ2n) is 5.95. The first kappa shape index (κ1) is 15.2. The molecule has 0 saturated heterocycles. The molecule has 0 unspecified atom stereocenters. The molecule has 4 heteroatoms. The Morgan fingerprint density at radius 1 is 1.30 bits per heavy atom. The van der Waals surface area contributed by atoms with E-state index in [1.54, 1.807) is 0 Å². The van der Waals surface area contributed by atoms with E-state index < -0.39 is 0 Å². The van der Waals surface area contributed by atoms with Crippen molar-refractivity contribution in [2.75, 3.05) is 11.4 Å². The Morgan fingerprint density at radius 3 is 2.55 bits per heavy atom. The van der Waals surface area contributed by atoms with Crippen molar-refractivity contribution in [3.05, 3.63) is 17.7 Å². The summed E-state index contributed by atoms with van der Waals surface area (Å²) < 4.78 is 0. The van der Waals surface area contributed by atoms with Crippen molar-refractivity contribution in [1.29, 1.82) is 0 Å². The van der Waals surface area contributed by atoms with Crippen LogP contribution >= 0.6 is 0 Å². The van der Waals surface area contributed by atoms with Crippen molar-refractivity contribution in [3.63, 3.8) is 0 Å². The number of hydrogen-bond acceptors (Lipinski definition) is 4. The summed E-state index contributed by atoms with van der Waals surface area (Å²) in [5, 5.41) is 9.65. The number of aliphatic hydroxyl groups is 1. The fourth-order valence-electron chi connectivity index (χ4n) is 3.08. The molecular formula is C16H27N3O. The Kier molecular flexibility index (Phi) is 5.35. The third kappa shape index (κ3) is 3.29. The molecule has 4 nitrogen and oxygen atoms in total. The average Bonchev–Trinajstić information content (AvgIpc) is 2.49. The fraction of sp³-hybridized carbons (Fsp3) is 0.750. The van der Waals surface area contributed by atoms with Crippen molar-refractivity contribution >= 4 is 5.69 Å². The Morgan fingerprint density at radius 2 is 2.00 bits per heavy atom. The summed E-state index contributed by atoms with van der Waals surface area (Å²) in [6.07, 6.45) is 8.35. The highest BCUT2D eigenvalue weighted by molar-refractivity contribution is 5.50. The van der Waals surface area contributed by atoms with Gasteiger partial charge in [-0.25, -0.2) is 9.97 Å². The molecule has 1 saturated carbocycles. The normalized spacial score (nSPS) is 16.6. The molecule has 0 atom stereocenters. The summed E-state index contributed by atoms with van der Waals surface area (Å²) in [6, 6.07) is 0.576. The van der Waals surface area contributed by atoms with E-state index in [4.69, 9.17) is 0 Å². The van der Waals surface area contributed by atoms with E-state index in [-0.39, 0.29) is 6.61 Å². The first-order chi connectivity index (χ1) is 9.67. The molecule has 20 heavy (non-hydrogen) atoms. The van der Waals surface area contributed by atoms with Crippen molar-refractivity contribution in [1.82, 2.24) is 9.97 Å². The van der Waals surface area contributed by atoms with Crippen LogP contribution in [0.2, 0.25) is 0 Å². The maximum Gasteiger partial charge on any atom is 0.131 e. The lowest BCUT2D eigenvalue weighted by molar-refractivity contribution is 0.275. The van der Waals surface area contributed by atoms with Crippen molar-refractivity contribution < 1.29 is 5.11 Å². The monoisotopic (exact) mass is 277 g/mol. The molecule has 112 valence electrons. The molecule has 1 aromatic rings. The van der Waals surface area contributed by atoms with E-state index in [1.165, 1.54) is 32.1 Å². The van der Waals surface area contributed by atoms with E-state index in [0.29, 0.717) is 12.0 Å². The van der Waals surface area contributed by atoms with Gasteiger partial charge in [0.2, 0.25) is 0 Å². The number of rotatable bonds is 5. The molecule has 0 amide bonds. The van der Waals surface area contributed by atoms with Gasteiger partial charge in [0.1, 0.15) is 5.82 Å². The summed E-state index contributed by atoms with van der Waals surface area (Å²) in [6.45, 7) is 7.26. The molecule has 0 aromatic carbocycles. The summed E-state index contributed by atoms with van der Waals surface area (Å²) in [7, 11) is 0. The number of aliphatic hydroxyl groups excluding tert-OH is 1. The smallest absolute Gasteiger partial charge is 0.131 e. The van der Waals surface area contributed by atoms with Gasteiger partial charge in [-0.2, -0.15) is 0 Å². The van der Waals surface area contributed by atoms with Crippen molar-refractivity contribution in [2.45, 2.75) is 71.4 Å². The first-order valence-corrected chi connectivity index (χ1v) is 7.90. The standard InChI is InChI=1S/C16H27N3O/c1-4-19(13-8-6-5-7-9-13)15-10-17-16(12(2)3)18-14(15)11-20/h10,12-13,20H,4-9,11H2,1-3H3. The topological polar surface area (TPSA) is 49.2 Å². The SMILES string of the molecule is CCN(c1cnc(C(C)C)nc1CO)C1CCCCC1. The minimum absolute atomic E-state index is 0.0131. The zero-order valence-corrected chi connectivity index (χ0v) is 13.0. The largest absolute Gasteiger partial charge is 0.390 e. The predicted octanol–water partition coefficient (Wildman–Crippen LogP) is 3.25. The van der Waals surface area contributed by atoms with Gasteiger partial charge in [-0.15, -0.1) is 0 Å². The number of nitrogens with zero attached hydrogens (tertiary/aromatic N) is 3. The Balaban J connectivity index is 2.28. The van der Waals surface area contributed by atoms with Crippen LogP contribution in [0.5, 0.6) is 0 Å². The summed E-state index contributed by atoms with van der Waals surface area (Å²) in [5.74, 6) is 1.11. The lowest BCUT2D eigenvalue weighted by Crippen LogP contribution is -2.37. The Labute approximate surface area is 122 Å². The lowest BCUT2D eigenvalue weighted by atomic mass is 9.94. The molecule has 0 spiro atoms. The zero-order chi connectivity index (χ0) is 14.5. The molecule has 1 aromatic heterocycles. The maximum atomic E-state index is 9.65. The summed E-state index contributed by atoms with van der Waals surface area (Å²) in [5.41, 5.74) is 1.79. The van der Waals surface area contributed by atoms with Gasteiger partial charge in [-0.05, 0) is 19.8 Å². The van der Waals surface area contributed by atoms with Crippen LogP contribution in [-0.4, -0.2) is 27.7 Å². The second-order valence-corrected chi connectivity index (χ2v) is 5.95. The van der Waals surface area contributed by atoms with Gasteiger partial charge in [0.25, 0.3) is 0 Å². The third-order valence-electron chi connectivity index (χ3n) is 4.20. The van der Waals surface area contributed by atoms with Crippen LogP contribution in [0.1, 0.15) is 70.3 Å². The van der Waals surface area contributed by atoms with Crippen LogP contribution in [0.15, 0.2) is 6.20 Å². The van der Waals surface area contributed by atoms with Gasteiger partial charge < -0.3 is 10.0 Å². The number of anilines is 1. The second kappa shape index (κ2) is 7.02. The molecule has 2 rings (SSSR count). The number of aromatic nitrogens is 2. The summed E-state index contributed by atoms with van der Waals surface area (Å²) >= 11 is 0. The van der Waals surface area contributed by atoms with E-state index in [2.05, 4.69) is 35.6 Å². The van der Waals surface area contributed by atoms with Gasteiger partial charge in [-0.1, -0.05) is 33.1 Å². The highest BCUT2D eigenvalue weighted by atomic mass is 16.3. The molecular weight excluding hydrogens is 250 g/mol. The minimum atomic E-state index is -0.0131. The van der Waals surface area contributed by atoms with Gasteiger partial charge in [0, 0.05) is 18.5 Å². The molecule has 1 aliphatic carbocycles. The van der Waals surface area contributed by atoms with Gasteiger partial charge >= 0.3 is 0 Å². The lowest BCUT2D eigenvalue weighted by Gasteiger charge is -2.36. The Bertz CT molecular complexity index is 428. The van der Waals surface area contributed by atoms with Crippen LogP contribution < -0.4 is 4.90 Å². The maximum absolute atomic E-state index is 9.65. The van der Waals surface area contributed by atoms with Crippen LogP contribution in [0.25, 0.3) is 0 Å². The zero-order valence-electron chi connectivity index (χ0n) is 13.0. The van der Waals surface area contributed by atoms with Crippen LogP contribution in [0.3, 0.4) is 0 Å². The highest BCUT2D eigenvalue weighted by Crippen LogP contribution is 2.29. The molecule has 0 aliphatic heterocycles. The van der Waals surface area contributed by atoms with E-state index >= 15 is 0 Å². The van der Waals surface area contributed by atoms with Crippen LogP contribution in [0.4, 0.5) is 5.69 Å². The third-order valence-corrected chi connectivity index (χ3v) is 4.20. The first-order valence-electron chi connectivity index (χ1n) is 7.90. The van der Waals surface area contributed by atoms with E-state index in [0.717, 1.165) is 23.8 Å². The van der Waals surface area contributed by atoms with Crippen LogP contribution in [-0.2, 0) is 6.61 Å².